The van der Waals surface area contributed by atoms with Crippen LogP contribution in [0.25, 0.3) is 5.57 Å². The SMILES string of the molecule is CCN=NN1Cc2ccc(C3=CCNCC3)cc2C(Nc2cccc(OC)c2)[C@H](C)C1. The van der Waals surface area contributed by atoms with Gasteiger partial charge in [0.1, 0.15) is 5.75 Å². The summed E-state index contributed by atoms with van der Waals surface area (Å²) < 4.78 is 5.44. The molecular weight excluding hydrogens is 386 g/mol. The van der Waals surface area contributed by atoms with Crippen LogP contribution in [-0.4, -0.2) is 38.3 Å². The van der Waals surface area contributed by atoms with Crippen LogP contribution in [0.1, 0.15) is 43.0 Å². The molecular formula is C25H33N5O. The van der Waals surface area contributed by atoms with E-state index < -0.39 is 0 Å². The van der Waals surface area contributed by atoms with Crippen LogP contribution in [-0.2, 0) is 6.54 Å². The maximum Gasteiger partial charge on any atom is 0.120 e. The first-order valence-electron chi connectivity index (χ1n) is 11.2. The number of methoxy groups -OCH3 is 1. The fourth-order valence-electron chi connectivity index (χ4n) is 4.45. The van der Waals surface area contributed by atoms with Crippen molar-refractivity contribution < 1.29 is 4.74 Å². The van der Waals surface area contributed by atoms with Crippen molar-refractivity contribution in [1.82, 2.24) is 10.3 Å². The van der Waals surface area contributed by atoms with Gasteiger partial charge in [-0.25, -0.2) is 0 Å². The van der Waals surface area contributed by atoms with Crippen LogP contribution in [0.15, 0.2) is 58.9 Å². The standard InChI is InChI=1S/C25H33N5O/c1-4-27-29-30-16-18(2)25(28-22-6-5-7-23(15-22)31-3)24-14-20(8-9-21(24)17-30)19-10-12-26-13-11-19/h5-10,14-15,18,25-26,28H,4,11-13,16-17H2,1-3H3/t18-,25?/m1/s1. The van der Waals surface area contributed by atoms with Gasteiger partial charge in [0.25, 0.3) is 0 Å². The number of hydrogen-bond acceptors (Lipinski definition) is 5. The Balaban J connectivity index is 1.72. The number of hydrogen-bond donors (Lipinski definition) is 2. The molecule has 0 saturated heterocycles. The van der Waals surface area contributed by atoms with Gasteiger partial charge in [-0.05, 0) is 66.3 Å². The van der Waals surface area contributed by atoms with Crippen molar-refractivity contribution in [2.24, 2.45) is 16.3 Å². The van der Waals surface area contributed by atoms with Gasteiger partial charge in [-0.1, -0.05) is 36.4 Å². The lowest BCUT2D eigenvalue weighted by molar-refractivity contribution is 0.223. The summed E-state index contributed by atoms with van der Waals surface area (Å²) >= 11 is 0. The van der Waals surface area contributed by atoms with Crippen LogP contribution in [0.2, 0.25) is 0 Å². The van der Waals surface area contributed by atoms with Gasteiger partial charge in [0.05, 0.1) is 26.2 Å². The fourth-order valence-corrected chi connectivity index (χ4v) is 4.45. The average Bonchev–Trinajstić information content (AvgIpc) is 2.94. The first-order chi connectivity index (χ1) is 15.2. The highest BCUT2D eigenvalue weighted by Crippen LogP contribution is 2.36. The average molecular weight is 420 g/mol. The summed E-state index contributed by atoms with van der Waals surface area (Å²) in [6, 6.07) is 15.3. The summed E-state index contributed by atoms with van der Waals surface area (Å²) in [5.41, 5.74) is 6.48. The minimum atomic E-state index is 0.172. The Morgan fingerprint density at radius 1 is 1.23 bits per heavy atom. The fraction of sp³-hybridized carbons (Fsp3) is 0.440. The Morgan fingerprint density at radius 2 is 2.13 bits per heavy atom. The molecule has 0 aromatic heterocycles. The Labute approximate surface area is 185 Å². The Bertz CT molecular complexity index is 955. The third-order valence-electron chi connectivity index (χ3n) is 6.06. The maximum absolute atomic E-state index is 5.44. The van der Waals surface area contributed by atoms with E-state index in [4.69, 9.17) is 4.74 Å². The second kappa shape index (κ2) is 9.96. The molecule has 0 radical (unpaired) electrons. The van der Waals surface area contributed by atoms with Crippen LogP contribution >= 0.6 is 0 Å². The van der Waals surface area contributed by atoms with Gasteiger partial charge in [0, 0.05) is 24.8 Å². The van der Waals surface area contributed by atoms with E-state index in [-0.39, 0.29) is 6.04 Å². The summed E-state index contributed by atoms with van der Waals surface area (Å²) in [5.74, 6) is 1.21. The third kappa shape index (κ3) is 5.07. The van der Waals surface area contributed by atoms with E-state index in [9.17, 15) is 0 Å². The third-order valence-corrected chi connectivity index (χ3v) is 6.06. The van der Waals surface area contributed by atoms with E-state index >= 15 is 0 Å². The molecule has 2 aliphatic rings. The van der Waals surface area contributed by atoms with Crippen LogP contribution < -0.4 is 15.4 Å². The van der Waals surface area contributed by atoms with Crippen molar-refractivity contribution in [2.45, 2.75) is 32.9 Å². The minimum absolute atomic E-state index is 0.172. The molecule has 0 bridgehead atoms. The summed E-state index contributed by atoms with van der Waals surface area (Å²) in [7, 11) is 1.71. The van der Waals surface area contributed by atoms with Crippen molar-refractivity contribution in [3.8, 4) is 5.75 Å². The lowest BCUT2D eigenvalue weighted by atomic mass is 9.88. The quantitative estimate of drug-likeness (QED) is 0.642. The molecule has 1 unspecified atom stereocenters. The normalized spacial score (nSPS) is 21.4. The van der Waals surface area contributed by atoms with Gasteiger partial charge in [0.2, 0.25) is 0 Å². The van der Waals surface area contributed by atoms with Crippen molar-refractivity contribution in [2.75, 3.05) is 38.6 Å². The largest absolute Gasteiger partial charge is 0.497 e. The van der Waals surface area contributed by atoms with Crippen molar-refractivity contribution in [3.05, 3.63) is 65.2 Å². The molecule has 4 rings (SSSR count). The Morgan fingerprint density at radius 3 is 2.90 bits per heavy atom. The number of ether oxygens (including phenoxy) is 1. The van der Waals surface area contributed by atoms with Gasteiger partial charge in [-0.3, -0.25) is 5.01 Å². The number of nitrogens with one attached hydrogen (secondary N) is 2. The summed E-state index contributed by atoms with van der Waals surface area (Å²) in [6.45, 7) is 8.62. The molecule has 0 amide bonds. The molecule has 6 heteroatoms. The predicted molar refractivity (Wildman–Crippen MR) is 126 cm³/mol. The minimum Gasteiger partial charge on any atom is -0.497 e. The molecule has 31 heavy (non-hydrogen) atoms. The number of benzene rings is 2. The van der Waals surface area contributed by atoms with Gasteiger partial charge in [0.15, 0.2) is 0 Å². The molecule has 0 fully saturated rings. The zero-order valence-corrected chi connectivity index (χ0v) is 18.8. The number of anilines is 1. The predicted octanol–water partition coefficient (Wildman–Crippen LogP) is 5.06. The molecule has 2 aliphatic heterocycles. The van der Waals surface area contributed by atoms with Crippen LogP contribution in [0, 0.1) is 5.92 Å². The van der Waals surface area contributed by atoms with Crippen molar-refractivity contribution in [1.29, 1.82) is 0 Å². The lowest BCUT2D eigenvalue weighted by Crippen LogP contribution is -2.26. The van der Waals surface area contributed by atoms with Crippen LogP contribution in [0.5, 0.6) is 5.75 Å². The zero-order chi connectivity index (χ0) is 21.6. The van der Waals surface area contributed by atoms with E-state index in [1.54, 1.807) is 7.11 Å². The number of rotatable bonds is 6. The summed E-state index contributed by atoms with van der Waals surface area (Å²) in [5, 5.41) is 18.1. The van der Waals surface area contributed by atoms with Crippen molar-refractivity contribution in [3.63, 3.8) is 0 Å². The molecule has 6 nitrogen and oxygen atoms in total. The van der Waals surface area contributed by atoms with E-state index in [0.29, 0.717) is 12.5 Å². The number of fused-ring (bicyclic) bond motifs is 1. The van der Waals surface area contributed by atoms with Gasteiger partial charge in [-0.2, -0.15) is 5.11 Å². The number of nitrogens with zero attached hydrogens (tertiary/aromatic N) is 3. The van der Waals surface area contributed by atoms with E-state index in [1.165, 1.54) is 22.3 Å². The molecule has 164 valence electrons. The topological polar surface area (TPSA) is 61.2 Å². The summed E-state index contributed by atoms with van der Waals surface area (Å²) in [6.07, 6.45) is 3.39. The molecule has 2 N–H and O–H groups in total. The monoisotopic (exact) mass is 419 g/mol. The first kappa shape index (κ1) is 21.4. The van der Waals surface area contributed by atoms with Gasteiger partial charge < -0.3 is 15.4 Å². The van der Waals surface area contributed by atoms with Gasteiger partial charge >= 0.3 is 0 Å². The Kier molecular flexibility index (Phi) is 6.87. The molecule has 2 aromatic rings. The van der Waals surface area contributed by atoms with Crippen molar-refractivity contribution >= 4 is 11.3 Å². The lowest BCUT2D eigenvalue weighted by Gasteiger charge is -2.27. The van der Waals surface area contributed by atoms with Gasteiger partial charge in [-0.15, -0.1) is 0 Å². The van der Waals surface area contributed by atoms with Crippen LogP contribution in [0.3, 0.4) is 0 Å². The van der Waals surface area contributed by atoms with E-state index in [2.05, 4.69) is 69.3 Å². The molecule has 2 atom stereocenters. The van der Waals surface area contributed by atoms with Crippen LogP contribution in [0.4, 0.5) is 5.69 Å². The Hall–Kier alpha value is -2.86. The highest BCUT2D eigenvalue weighted by Gasteiger charge is 2.29. The summed E-state index contributed by atoms with van der Waals surface area (Å²) in [4.78, 5) is 0. The molecule has 0 spiro atoms. The highest BCUT2D eigenvalue weighted by molar-refractivity contribution is 5.68. The second-order valence-electron chi connectivity index (χ2n) is 8.32. The van der Waals surface area contributed by atoms with E-state index in [0.717, 1.165) is 44.0 Å². The smallest absolute Gasteiger partial charge is 0.120 e. The molecule has 0 saturated carbocycles. The van der Waals surface area contributed by atoms with E-state index in [1.807, 2.05) is 19.1 Å². The highest BCUT2D eigenvalue weighted by atomic mass is 16.5. The zero-order valence-electron chi connectivity index (χ0n) is 18.8. The second-order valence-corrected chi connectivity index (χ2v) is 8.32. The molecule has 2 aromatic carbocycles. The molecule has 0 aliphatic carbocycles. The first-order valence-corrected chi connectivity index (χ1v) is 11.2. The maximum atomic E-state index is 5.44. The molecule has 2 heterocycles.